The summed E-state index contributed by atoms with van der Waals surface area (Å²) in [6.45, 7) is 6.55. The quantitative estimate of drug-likeness (QED) is 0.668. The van der Waals surface area contributed by atoms with Crippen LogP contribution in [-0.4, -0.2) is 4.98 Å². The Morgan fingerprint density at radius 3 is 1.94 bits per heavy atom. The molecule has 1 aromatic heterocycles. The molecule has 0 spiro atoms. The standard InChI is InChI=1S/C15H16FN/c1-15(2,3)13-7-4-11(5-8-13)12-6-9-14(16)17-10-12/h4-10H,1-3H3. The molecule has 2 aromatic rings. The molecule has 0 saturated carbocycles. The van der Waals surface area contributed by atoms with Crippen molar-refractivity contribution in [1.29, 1.82) is 0 Å². The highest BCUT2D eigenvalue weighted by atomic mass is 19.1. The topological polar surface area (TPSA) is 12.9 Å². The summed E-state index contributed by atoms with van der Waals surface area (Å²) in [5, 5.41) is 0. The number of halogens is 1. The normalized spacial score (nSPS) is 11.5. The Morgan fingerprint density at radius 1 is 0.882 bits per heavy atom. The Bertz CT molecular complexity index is 492. The molecule has 0 saturated heterocycles. The summed E-state index contributed by atoms with van der Waals surface area (Å²) < 4.78 is 12.7. The van der Waals surface area contributed by atoms with Crippen molar-refractivity contribution in [3.8, 4) is 11.1 Å². The van der Waals surface area contributed by atoms with Gasteiger partial charge in [0.05, 0.1) is 0 Å². The second-order valence-electron chi connectivity index (χ2n) is 5.20. The average Bonchev–Trinajstić information content (AvgIpc) is 2.29. The summed E-state index contributed by atoms with van der Waals surface area (Å²) in [5.74, 6) is -0.444. The lowest BCUT2D eigenvalue weighted by molar-refractivity contribution is 0.584. The van der Waals surface area contributed by atoms with E-state index in [1.807, 2.05) is 0 Å². The molecule has 0 amide bonds. The van der Waals surface area contributed by atoms with Gasteiger partial charge >= 0.3 is 0 Å². The van der Waals surface area contributed by atoms with Gasteiger partial charge < -0.3 is 0 Å². The SMILES string of the molecule is CC(C)(C)c1ccc(-c2ccc(F)nc2)cc1. The number of nitrogens with zero attached hydrogens (tertiary/aromatic N) is 1. The van der Waals surface area contributed by atoms with Crippen molar-refractivity contribution in [3.63, 3.8) is 0 Å². The van der Waals surface area contributed by atoms with E-state index in [0.29, 0.717) is 0 Å². The molecule has 2 heteroatoms. The third-order valence-electron chi connectivity index (χ3n) is 2.81. The van der Waals surface area contributed by atoms with Crippen molar-refractivity contribution in [2.45, 2.75) is 26.2 Å². The molecule has 0 fully saturated rings. The lowest BCUT2D eigenvalue weighted by Gasteiger charge is -2.19. The summed E-state index contributed by atoms with van der Waals surface area (Å²) in [7, 11) is 0. The summed E-state index contributed by atoms with van der Waals surface area (Å²) in [6, 6.07) is 11.4. The van der Waals surface area contributed by atoms with E-state index in [4.69, 9.17) is 0 Å². The average molecular weight is 229 g/mol. The van der Waals surface area contributed by atoms with Gasteiger partial charge in [-0.2, -0.15) is 4.39 Å². The van der Waals surface area contributed by atoms with Gasteiger partial charge in [0.1, 0.15) is 0 Å². The van der Waals surface area contributed by atoms with Crippen molar-refractivity contribution < 1.29 is 4.39 Å². The maximum atomic E-state index is 12.7. The first-order valence-corrected chi connectivity index (χ1v) is 5.69. The number of hydrogen-bond acceptors (Lipinski definition) is 1. The monoisotopic (exact) mass is 229 g/mol. The Kier molecular flexibility index (Phi) is 2.97. The lowest BCUT2D eigenvalue weighted by atomic mass is 9.86. The van der Waals surface area contributed by atoms with Gasteiger partial charge in [0.2, 0.25) is 5.95 Å². The van der Waals surface area contributed by atoms with Gasteiger partial charge in [-0.1, -0.05) is 45.0 Å². The highest BCUT2D eigenvalue weighted by molar-refractivity contribution is 5.62. The minimum atomic E-state index is -0.444. The third-order valence-corrected chi connectivity index (χ3v) is 2.81. The van der Waals surface area contributed by atoms with Gasteiger partial charge in [-0.05, 0) is 28.7 Å². The molecule has 0 bridgehead atoms. The van der Waals surface area contributed by atoms with Crippen LogP contribution in [0.25, 0.3) is 11.1 Å². The van der Waals surface area contributed by atoms with E-state index in [2.05, 4.69) is 50.0 Å². The van der Waals surface area contributed by atoms with Crippen LogP contribution in [0.5, 0.6) is 0 Å². The van der Waals surface area contributed by atoms with Crippen LogP contribution < -0.4 is 0 Å². The molecule has 0 N–H and O–H groups in total. The third kappa shape index (κ3) is 2.70. The fourth-order valence-corrected chi connectivity index (χ4v) is 1.71. The summed E-state index contributed by atoms with van der Waals surface area (Å²) in [4.78, 5) is 3.66. The van der Waals surface area contributed by atoms with Gasteiger partial charge in [-0.25, -0.2) is 4.98 Å². The van der Waals surface area contributed by atoms with Gasteiger partial charge in [-0.3, -0.25) is 0 Å². The van der Waals surface area contributed by atoms with E-state index in [1.165, 1.54) is 11.6 Å². The Hall–Kier alpha value is -1.70. The zero-order valence-corrected chi connectivity index (χ0v) is 10.4. The fraction of sp³-hybridized carbons (Fsp3) is 0.267. The van der Waals surface area contributed by atoms with Crippen molar-refractivity contribution in [2.24, 2.45) is 0 Å². The van der Waals surface area contributed by atoms with Gasteiger partial charge in [0.15, 0.2) is 0 Å². The molecule has 88 valence electrons. The molecule has 2 rings (SSSR count). The highest BCUT2D eigenvalue weighted by Crippen LogP contribution is 2.25. The van der Waals surface area contributed by atoms with E-state index in [9.17, 15) is 4.39 Å². The first kappa shape index (κ1) is 11.8. The Morgan fingerprint density at radius 2 is 1.47 bits per heavy atom. The first-order valence-electron chi connectivity index (χ1n) is 5.69. The highest BCUT2D eigenvalue weighted by Gasteiger charge is 2.12. The number of benzene rings is 1. The lowest BCUT2D eigenvalue weighted by Crippen LogP contribution is -2.10. The van der Waals surface area contributed by atoms with Crippen LogP contribution in [0.3, 0.4) is 0 Å². The number of hydrogen-bond donors (Lipinski definition) is 0. The Labute approximate surface area is 101 Å². The van der Waals surface area contributed by atoms with Crippen LogP contribution in [0.2, 0.25) is 0 Å². The van der Waals surface area contributed by atoms with Crippen LogP contribution in [0.4, 0.5) is 4.39 Å². The zero-order chi connectivity index (χ0) is 12.5. The first-order chi connectivity index (χ1) is 7.97. The van der Waals surface area contributed by atoms with Gasteiger partial charge in [-0.15, -0.1) is 0 Å². The maximum absolute atomic E-state index is 12.7. The van der Waals surface area contributed by atoms with Crippen molar-refractivity contribution in [2.75, 3.05) is 0 Å². The van der Waals surface area contributed by atoms with E-state index in [-0.39, 0.29) is 5.41 Å². The van der Waals surface area contributed by atoms with Crippen molar-refractivity contribution >= 4 is 0 Å². The van der Waals surface area contributed by atoms with Crippen molar-refractivity contribution in [3.05, 3.63) is 54.1 Å². The minimum absolute atomic E-state index is 0.152. The smallest absolute Gasteiger partial charge is 0.212 e. The predicted octanol–water partition coefficient (Wildman–Crippen LogP) is 4.19. The van der Waals surface area contributed by atoms with E-state index >= 15 is 0 Å². The van der Waals surface area contributed by atoms with E-state index in [0.717, 1.165) is 11.1 Å². The molecule has 0 aliphatic heterocycles. The van der Waals surface area contributed by atoms with E-state index < -0.39 is 5.95 Å². The van der Waals surface area contributed by atoms with Crippen LogP contribution in [0.1, 0.15) is 26.3 Å². The fourth-order valence-electron chi connectivity index (χ4n) is 1.71. The molecular formula is C15H16FN. The molecule has 0 unspecified atom stereocenters. The maximum Gasteiger partial charge on any atom is 0.212 e. The molecule has 0 aliphatic rings. The molecular weight excluding hydrogens is 213 g/mol. The van der Waals surface area contributed by atoms with Gasteiger partial charge in [0.25, 0.3) is 0 Å². The zero-order valence-electron chi connectivity index (χ0n) is 10.4. The van der Waals surface area contributed by atoms with Crippen LogP contribution in [0.15, 0.2) is 42.6 Å². The molecule has 1 heterocycles. The second kappa shape index (κ2) is 4.28. The molecule has 0 atom stereocenters. The number of pyridine rings is 1. The summed E-state index contributed by atoms with van der Waals surface area (Å²) >= 11 is 0. The summed E-state index contributed by atoms with van der Waals surface area (Å²) in [6.07, 6.45) is 1.56. The largest absolute Gasteiger partial charge is 0.228 e. The number of rotatable bonds is 1. The number of aromatic nitrogens is 1. The molecule has 0 radical (unpaired) electrons. The second-order valence-corrected chi connectivity index (χ2v) is 5.20. The summed E-state index contributed by atoms with van der Waals surface area (Å²) in [5.41, 5.74) is 3.44. The van der Waals surface area contributed by atoms with Crippen LogP contribution >= 0.6 is 0 Å². The molecule has 17 heavy (non-hydrogen) atoms. The van der Waals surface area contributed by atoms with Crippen LogP contribution in [0, 0.1) is 5.95 Å². The van der Waals surface area contributed by atoms with Crippen molar-refractivity contribution in [1.82, 2.24) is 4.98 Å². The predicted molar refractivity (Wildman–Crippen MR) is 68.3 cm³/mol. The minimum Gasteiger partial charge on any atom is -0.228 e. The van der Waals surface area contributed by atoms with E-state index in [1.54, 1.807) is 12.3 Å². The molecule has 0 aliphatic carbocycles. The van der Waals surface area contributed by atoms with Crippen LogP contribution in [-0.2, 0) is 5.41 Å². The Balaban J connectivity index is 2.33. The molecule has 1 nitrogen and oxygen atoms in total. The molecule has 1 aromatic carbocycles. The van der Waals surface area contributed by atoms with Gasteiger partial charge in [0, 0.05) is 11.8 Å².